The summed E-state index contributed by atoms with van der Waals surface area (Å²) in [5.41, 5.74) is 0.432. The van der Waals surface area contributed by atoms with E-state index in [2.05, 4.69) is 27.0 Å². The maximum Gasteiger partial charge on any atom is 2.00 e. The van der Waals surface area contributed by atoms with Gasteiger partial charge in [-0.25, -0.2) is 0 Å². The van der Waals surface area contributed by atoms with Crippen molar-refractivity contribution < 1.29 is 19.8 Å². The number of carbonyl (C=O) groups is 2. The number of hydrogen-bond acceptors (Lipinski definition) is 4. The molecule has 0 aliphatic heterocycles. The summed E-state index contributed by atoms with van der Waals surface area (Å²) in [6.07, 6.45) is 7.26. The molecule has 21 heavy (non-hydrogen) atoms. The molecular weight excluding hydrogens is 394 g/mol. The minimum atomic E-state index is -1.11. The molecule has 116 valence electrons. The Morgan fingerprint density at radius 1 is 0.762 bits per heavy atom. The third-order valence-corrected chi connectivity index (χ3v) is 2.74. The molecule has 0 aliphatic carbocycles. The molecule has 0 amide bonds. The van der Waals surface area contributed by atoms with E-state index in [1.54, 1.807) is 0 Å². The Labute approximate surface area is 168 Å². The van der Waals surface area contributed by atoms with Crippen molar-refractivity contribution in [2.24, 2.45) is 0 Å². The quantitative estimate of drug-likeness (QED) is 0.304. The van der Waals surface area contributed by atoms with Gasteiger partial charge in [-0.1, -0.05) is 52.7 Å². The zero-order valence-electron chi connectivity index (χ0n) is 13.4. The number of carboxylic acid groups (broad SMARTS) is 2. The predicted molar refractivity (Wildman–Crippen MR) is 82.3 cm³/mol. The van der Waals surface area contributed by atoms with Gasteiger partial charge in [0.25, 0.3) is 0 Å². The van der Waals surface area contributed by atoms with Crippen LogP contribution < -0.4 is 10.2 Å². The molecule has 0 aromatic carbocycles. The fraction of sp³-hybridized carbons (Fsp3) is 0.625. The van der Waals surface area contributed by atoms with Gasteiger partial charge in [0.15, 0.2) is 0 Å². The van der Waals surface area contributed by atoms with Crippen LogP contribution in [0.25, 0.3) is 0 Å². The van der Waals surface area contributed by atoms with Crippen LogP contribution in [-0.4, -0.2) is 60.8 Å². The van der Waals surface area contributed by atoms with Gasteiger partial charge in [0.1, 0.15) is 0 Å². The smallest absolute Gasteiger partial charge is 0.545 e. The molecule has 0 heterocycles. The van der Waals surface area contributed by atoms with Crippen LogP contribution >= 0.6 is 0 Å². The molecule has 0 aromatic heterocycles. The van der Waals surface area contributed by atoms with Crippen LogP contribution in [0.1, 0.15) is 65.2 Å². The van der Waals surface area contributed by atoms with E-state index in [0.29, 0.717) is 12.8 Å². The van der Waals surface area contributed by atoms with Crippen molar-refractivity contribution in [3.05, 3.63) is 24.3 Å². The summed E-state index contributed by atoms with van der Waals surface area (Å²) in [6.45, 7) is 10.9. The molecule has 0 rings (SSSR count). The Morgan fingerprint density at radius 3 is 1.24 bits per heavy atom. The molecule has 0 bridgehead atoms. The van der Waals surface area contributed by atoms with Crippen molar-refractivity contribution in [1.82, 2.24) is 0 Å². The first-order valence-electron chi connectivity index (χ1n) is 7.14. The third-order valence-electron chi connectivity index (χ3n) is 2.74. The van der Waals surface area contributed by atoms with Crippen molar-refractivity contribution in [2.75, 3.05) is 0 Å². The zero-order chi connectivity index (χ0) is 16.0. The van der Waals surface area contributed by atoms with Crippen LogP contribution in [0, 0.1) is 0 Å². The maximum atomic E-state index is 10.1. The summed E-state index contributed by atoms with van der Waals surface area (Å²) in [5.74, 6) is -2.23. The second-order valence-corrected chi connectivity index (χ2v) is 4.70. The number of carboxylic acids is 2. The number of hydrogen-bond donors (Lipinski definition) is 0. The fourth-order valence-corrected chi connectivity index (χ4v) is 1.38. The summed E-state index contributed by atoms with van der Waals surface area (Å²) in [6, 6.07) is 0. The van der Waals surface area contributed by atoms with Crippen LogP contribution in [0.4, 0.5) is 0 Å². The van der Waals surface area contributed by atoms with Crippen LogP contribution in [0.5, 0.6) is 0 Å². The van der Waals surface area contributed by atoms with Crippen molar-refractivity contribution in [2.45, 2.75) is 65.2 Å². The number of rotatable bonds is 10. The van der Waals surface area contributed by atoms with Gasteiger partial charge in [0, 0.05) is 0 Å². The molecule has 5 heteroatoms. The first-order valence-corrected chi connectivity index (χ1v) is 7.14. The Hall–Kier alpha value is -0.00857. The van der Waals surface area contributed by atoms with Crippen LogP contribution in [0.2, 0.25) is 0 Å². The van der Waals surface area contributed by atoms with E-state index in [9.17, 15) is 19.8 Å². The average Bonchev–Trinajstić information content (AvgIpc) is 2.39. The Bertz CT molecular complexity index is 292. The standard InChI is InChI=1S/2C8H14O2.Ba/c2*1-3-4-5-6-7(2)8(9)10;/h2*2-6H2,1H3,(H,9,10);/q;;+2/p-2. The summed E-state index contributed by atoms with van der Waals surface area (Å²) in [4.78, 5) is 20.2. The van der Waals surface area contributed by atoms with Crippen molar-refractivity contribution >= 4 is 60.8 Å². The molecule has 0 saturated carbocycles. The SMILES string of the molecule is C=C(CCCCC)C(=O)[O-].C=C(CCCCC)C(=O)[O-].[Ba+2]. The second-order valence-electron chi connectivity index (χ2n) is 4.70. The van der Waals surface area contributed by atoms with E-state index in [1.165, 1.54) is 0 Å². The van der Waals surface area contributed by atoms with E-state index >= 15 is 0 Å². The molecule has 0 radical (unpaired) electrons. The molecule has 0 saturated heterocycles. The minimum absolute atomic E-state index is 0. The monoisotopic (exact) mass is 420 g/mol. The molecule has 0 N–H and O–H groups in total. The zero-order valence-corrected chi connectivity index (χ0v) is 17.9. The maximum absolute atomic E-state index is 10.1. The van der Waals surface area contributed by atoms with Gasteiger partial charge in [-0.05, 0) is 36.8 Å². The van der Waals surface area contributed by atoms with E-state index in [0.717, 1.165) is 38.5 Å². The van der Waals surface area contributed by atoms with E-state index in [1.807, 2.05) is 0 Å². The average molecular weight is 420 g/mol. The molecule has 0 spiro atoms. The van der Waals surface area contributed by atoms with Gasteiger partial charge in [0.05, 0.1) is 11.9 Å². The minimum Gasteiger partial charge on any atom is -0.545 e. The second kappa shape index (κ2) is 18.0. The van der Waals surface area contributed by atoms with E-state index in [4.69, 9.17) is 0 Å². The summed E-state index contributed by atoms with van der Waals surface area (Å²) in [7, 11) is 0. The van der Waals surface area contributed by atoms with Gasteiger partial charge in [-0.2, -0.15) is 0 Å². The van der Waals surface area contributed by atoms with Gasteiger partial charge in [-0.15, -0.1) is 0 Å². The van der Waals surface area contributed by atoms with Crippen molar-refractivity contribution in [3.63, 3.8) is 0 Å². The van der Waals surface area contributed by atoms with E-state index in [-0.39, 0.29) is 60.0 Å². The Morgan fingerprint density at radius 2 is 1.05 bits per heavy atom. The van der Waals surface area contributed by atoms with Gasteiger partial charge < -0.3 is 19.8 Å². The predicted octanol–water partition coefficient (Wildman–Crippen LogP) is 1.36. The van der Waals surface area contributed by atoms with Crippen LogP contribution in [-0.2, 0) is 9.59 Å². The molecule has 0 aromatic rings. The van der Waals surface area contributed by atoms with Gasteiger partial charge in [-0.3, -0.25) is 0 Å². The molecule has 0 atom stereocenters. The van der Waals surface area contributed by atoms with E-state index < -0.39 is 11.9 Å². The molecule has 0 aliphatic rings. The number of aliphatic carboxylic acids is 2. The van der Waals surface area contributed by atoms with Crippen LogP contribution in [0.3, 0.4) is 0 Å². The normalized spacial score (nSPS) is 8.86. The van der Waals surface area contributed by atoms with Gasteiger partial charge >= 0.3 is 48.9 Å². The molecular formula is C16H26BaO4. The van der Waals surface area contributed by atoms with Gasteiger partial charge in [0.2, 0.25) is 0 Å². The number of carbonyl (C=O) groups excluding carboxylic acids is 2. The molecule has 0 unspecified atom stereocenters. The summed E-state index contributed by atoms with van der Waals surface area (Å²) >= 11 is 0. The first kappa shape index (κ1) is 25.9. The van der Waals surface area contributed by atoms with Crippen molar-refractivity contribution in [1.29, 1.82) is 0 Å². The van der Waals surface area contributed by atoms with Crippen molar-refractivity contribution in [3.8, 4) is 0 Å². The summed E-state index contributed by atoms with van der Waals surface area (Å²) in [5, 5.41) is 20.2. The Kier molecular flexibility index (Phi) is 22.3. The number of unbranched alkanes of at least 4 members (excludes halogenated alkanes) is 4. The topological polar surface area (TPSA) is 80.3 Å². The largest absolute Gasteiger partial charge is 2.00 e. The van der Waals surface area contributed by atoms with Crippen LogP contribution in [0.15, 0.2) is 24.3 Å². The third kappa shape index (κ3) is 20.0. The summed E-state index contributed by atoms with van der Waals surface area (Å²) < 4.78 is 0. The fourth-order valence-electron chi connectivity index (χ4n) is 1.38. The Balaban J connectivity index is -0.000000295. The first-order chi connectivity index (χ1) is 9.36. The molecule has 0 fully saturated rings. The molecule has 4 nitrogen and oxygen atoms in total.